The Bertz CT molecular complexity index is 2380. The van der Waals surface area contributed by atoms with Crippen molar-refractivity contribution in [2.75, 3.05) is 0 Å². The zero-order chi connectivity index (χ0) is 40.9. The van der Waals surface area contributed by atoms with Crippen LogP contribution in [0.2, 0.25) is 33.2 Å². The fraction of sp³-hybridized carbons (Fsp3) is 0.404. The highest BCUT2D eigenvalue weighted by atomic mass is 28.4. The SMILES string of the molecule is CC(C)[Si](Oc1cc2c(c3c1ccc1c3c3c4c5c(cc(O[Si](C(C)C)(C(C)C)C(C)C)c4ccc3n1C)C(=O)C=CC5=O)C(=O)C=CC2=O)(C(C)C)C(C)C. The molecule has 1 aromatic heterocycles. The molecule has 7 rings (SSSR count). The molecular weight excluding hydrogens is 731 g/mol. The summed E-state index contributed by atoms with van der Waals surface area (Å²) in [5.74, 6) is 0.162. The molecule has 0 saturated carbocycles. The average Bonchev–Trinajstić information content (AvgIpc) is 3.42. The van der Waals surface area contributed by atoms with Crippen LogP contribution in [0.25, 0.3) is 43.4 Å². The van der Waals surface area contributed by atoms with E-state index in [4.69, 9.17) is 8.85 Å². The fourth-order valence-corrected chi connectivity index (χ4v) is 21.5. The minimum absolute atomic E-state index is 0.254. The molecule has 0 N–H and O–H groups in total. The highest BCUT2D eigenvalue weighted by Crippen LogP contribution is 2.51. The Morgan fingerprint density at radius 1 is 0.446 bits per heavy atom. The summed E-state index contributed by atoms with van der Waals surface area (Å²) >= 11 is 0. The van der Waals surface area contributed by atoms with Crippen LogP contribution in [-0.4, -0.2) is 44.3 Å². The van der Waals surface area contributed by atoms with Crippen molar-refractivity contribution in [3.8, 4) is 11.5 Å². The smallest absolute Gasteiger partial charge is 0.258 e. The molecule has 5 aromatic rings. The van der Waals surface area contributed by atoms with Gasteiger partial charge in [0, 0.05) is 72.7 Å². The van der Waals surface area contributed by atoms with E-state index >= 15 is 0 Å². The summed E-state index contributed by atoms with van der Waals surface area (Å²) in [6.07, 6.45) is 5.41. The Hall–Kier alpha value is -4.61. The van der Waals surface area contributed by atoms with E-state index in [0.29, 0.717) is 44.5 Å². The van der Waals surface area contributed by atoms with E-state index in [1.807, 2.05) is 31.3 Å². The summed E-state index contributed by atoms with van der Waals surface area (Å²) in [6.45, 7) is 26.7. The monoisotopic (exact) mass is 785 g/mol. The molecule has 9 heteroatoms. The van der Waals surface area contributed by atoms with Gasteiger partial charge in [0.2, 0.25) is 0 Å². The van der Waals surface area contributed by atoms with Crippen molar-refractivity contribution in [3.05, 3.63) is 83.0 Å². The van der Waals surface area contributed by atoms with Gasteiger partial charge in [0.25, 0.3) is 16.6 Å². The lowest BCUT2D eigenvalue weighted by molar-refractivity contribution is 0.0995. The van der Waals surface area contributed by atoms with Crippen LogP contribution in [0.4, 0.5) is 0 Å². The van der Waals surface area contributed by atoms with E-state index in [-0.39, 0.29) is 56.4 Å². The first-order chi connectivity index (χ1) is 26.3. The largest absolute Gasteiger partial charge is 0.542 e. The van der Waals surface area contributed by atoms with E-state index in [2.05, 4.69) is 87.7 Å². The molecule has 0 fully saturated rings. The van der Waals surface area contributed by atoms with Gasteiger partial charge < -0.3 is 13.4 Å². The van der Waals surface area contributed by atoms with Gasteiger partial charge in [-0.1, -0.05) is 83.1 Å². The molecule has 7 nitrogen and oxygen atoms in total. The van der Waals surface area contributed by atoms with Gasteiger partial charge in [0.1, 0.15) is 11.5 Å². The topological polar surface area (TPSA) is 91.7 Å². The van der Waals surface area contributed by atoms with Crippen molar-refractivity contribution in [2.24, 2.45) is 7.05 Å². The van der Waals surface area contributed by atoms with E-state index in [1.54, 1.807) is 12.1 Å². The minimum atomic E-state index is -2.55. The lowest BCUT2D eigenvalue weighted by atomic mass is 9.85. The first-order valence-corrected chi connectivity index (χ1v) is 24.5. The van der Waals surface area contributed by atoms with Crippen molar-refractivity contribution in [3.63, 3.8) is 0 Å². The molecule has 56 heavy (non-hydrogen) atoms. The maximum absolute atomic E-state index is 14.1. The Morgan fingerprint density at radius 2 is 0.750 bits per heavy atom. The molecule has 4 aromatic carbocycles. The van der Waals surface area contributed by atoms with Crippen LogP contribution in [-0.2, 0) is 7.05 Å². The molecule has 0 aliphatic heterocycles. The maximum atomic E-state index is 14.1. The first-order valence-electron chi connectivity index (χ1n) is 20.2. The summed E-state index contributed by atoms with van der Waals surface area (Å²) in [6, 6.07) is 11.7. The minimum Gasteiger partial charge on any atom is -0.542 e. The van der Waals surface area contributed by atoms with Crippen molar-refractivity contribution in [2.45, 2.75) is 116 Å². The normalized spacial score (nSPS) is 15.1. The van der Waals surface area contributed by atoms with Gasteiger partial charge >= 0.3 is 0 Å². The van der Waals surface area contributed by atoms with Crippen LogP contribution >= 0.6 is 0 Å². The second kappa shape index (κ2) is 13.8. The first kappa shape index (κ1) is 39.6. The standard InChI is InChI=1S/C47H55NO6Si2/c1-24(2)55(25(3)4,26(5)6)53-40-22-32-36(49)18-20-38(51)42(32)44-30(40)14-16-34-46(44)47-35(48(34)13)17-15-31-41(54-56(27(7)8,28(9)10)29(11)12)23-33-37(50)19-21-39(52)43(33)45(31)47/h14-29H,1-13H3. The lowest BCUT2D eigenvalue weighted by Gasteiger charge is -2.42. The molecule has 0 radical (unpaired) electrons. The molecule has 0 spiro atoms. The van der Waals surface area contributed by atoms with Gasteiger partial charge in [-0.15, -0.1) is 0 Å². The summed E-state index contributed by atoms with van der Waals surface area (Å²) in [5.41, 5.74) is 4.50. The number of aromatic nitrogens is 1. The van der Waals surface area contributed by atoms with Crippen LogP contribution < -0.4 is 8.85 Å². The molecule has 0 bridgehead atoms. The number of hydrogen-bond acceptors (Lipinski definition) is 6. The predicted octanol–water partition coefficient (Wildman–Crippen LogP) is 12.6. The number of carbonyl (C=O) groups excluding carboxylic acids is 4. The van der Waals surface area contributed by atoms with E-state index < -0.39 is 16.6 Å². The Morgan fingerprint density at radius 3 is 1.05 bits per heavy atom. The number of allylic oxidation sites excluding steroid dienone is 4. The quantitative estimate of drug-likeness (QED) is 0.131. The molecule has 2 aliphatic carbocycles. The zero-order valence-electron chi connectivity index (χ0n) is 35.1. The summed E-state index contributed by atoms with van der Waals surface area (Å²) in [7, 11) is -3.12. The Labute approximate surface area is 332 Å². The Kier molecular flexibility index (Phi) is 9.76. The molecule has 2 aliphatic rings. The molecule has 292 valence electrons. The third-order valence-electron chi connectivity index (χ3n) is 13.2. The van der Waals surface area contributed by atoms with Crippen molar-refractivity contribution in [1.82, 2.24) is 4.57 Å². The van der Waals surface area contributed by atoms with Gasteiger partial charge in [-0.2, -0.15) is 0 Å². The molecule has 1 heterocycles. The highest BCUT2D eigenvalue weighted by molar-refractivity contribution is 6.79. The van der Waals surface area contributed by atoms with E-state index in [0.717, 1.165) is 32.6 Å². The average molecular weight is 786 g/mol. The van der Waals surface area contributed by atoms with Gasteiger partial charge in [-0.05, 0) is 93.9 Å². The second-order valence-electron chi connectivity index (χ2n) is 17.9. The number of ketones is 4. The van der Waals surface area contributed by atoms with Gasteiger partial charge in [-0.25, -0.2) is 0 Å². The zero-order valence-corrected chi connectivity index (χ0v) is 37.1. The summed E-state index contributed by atoms with van der Waals surface area (Å²) in [4.78, 5) is 56.0. The number of rotatable bonds is 10. The molecule has 0 saturated heterocycles. The van der Waals surface area contributed by atoms with Crippen LogP contribution in [0.5, 0.6) is 11.5 Å². The van der Waals surface area contributed by atoms with Crippen LogP contribution in [0.3, 0.4) is 0 Å². The summed E-state index contributed by atoms with van der Waals surface area (Å²) < 4.78 is 16.9. The number of aryl methyl sites for hydroxylation is 1. The molecule has 0 unspecified atom stereocenters. The number of nitrogens with zero attached hydrogens (tertiary/aromatic N) is 1. The number of hydrogen-bond donors (Lipinski definition) is 0. The number of benzene rings is 4. The molecule has 0 amide bonds. The summed E-state index contributed by atoms with van der Waals surface area (Å²) in [5, 5.41) is 4.20. The van der Waals surface area contributed by atoms with E-state index in [1.165, 1.54) is 24.3 Å². The van der Waals surface area contributed by atoms with Crippen molar-refractivity contribution in [1.29, 1.82) is 0 Å². The molecule has 0 atom stereocenters. The van der Waals surface area contributed by atoms with Crippen molar-refractivity contribution < 1.29 is 28.0 Å². The maximum Gasteiger partial charge on any atom is 0.258 e. The molecular formula is C47H55NO6Si2. The van der Waals surface area contributed by atoms with Crippen LogP contribution in [0, 0.1) is 0 Å². The van der Waals surface area contributed by atoms with Gasteiger partial charge in [-0.3, -0.25) is 19.2 Å². The highest BCUT2D eigenvalue weighted by Gasteiger charge is 2.49. The van der Waals surface area contributed by atoms with Crippen LogP contribution in [0.15, 0.2) is 60.7 Å². The van der Waals surface area contributed by atoms with Crippen molar-refractivity contribution >= 4 is 83.1 Å². The second-order valence-corrected chi connectivity index (χ2v) is 28.6. The number of carbonyl (C=O) groups is 4. The van der Waals surface area contributed by atoms with Gasteiger partial charge in [0.15, 0.2) is 23.1 Å². The van der Waals surface area contributed by atoms with E-state index in [9.17, 15) is 19.2 Å². The predicted molar refractivity (Wildman–Crippen MR) is 234 cm³/mol. The lowest BCUT2D eigenvalue weighted by Crippen LogP contribution is -2.50. The Balaban J connectivity index is 1.73. The third kappa shape index (κ3) is 5.47. The fourth-order valence-electron chi connectivity index (χ4n) is 10.9. The van der Waals surface area contributed by atoms with Gasteiger partial charge in [0.05, 0.1) is 0 Å². The number of fused-ring (bicyclic) bond motifs is 11. The van der Waals surface area contributed by atoms with Crippen LogP contribution in [0.1, 0.15) is 125 Å². The third-order valence-corrected chi connectivity index (χ3v) is 25.2.